The van der Waals surface area contributed by atoms with Crippen LogP contribution in [0.5, 0.6) is 0 Å². The van der Waals surface area contributed by atoms with Gasteiger partial charge in [-0.15, -0.1) is 0 Å². The van der Waals surface area contributed by atoms with Gasteiger partial charge in [0.25, 0.3) is 0 Å². The predicted octanol–water partition coefficient (Wildman–Crippen LogP) is 9.92. The maximum atomic E-state index is 5.84. The fourth-order valence-corrected chi connectivity index (χ4v) is 5.38. The van der Waals surface area contributed by atoms with E-state index in [1.54, 1.807) is 0 Å². The molecule has 2 heterocycles. The van der Waals surface area contributed by atoms with Crippen molar-refractivity contribution in [3.63, 3.8) is 0 Å². The summed E-state index contributed by atoms with van der Waals surface area (Å²) in [6.45, 7) is 4.57. The van der Waals surface area contributed by atoms with Crippen molar-refractivity contribution in [3.8, 4) is 0 Å². The number of hydrogen-bond acceptors (Lipinski definition) is 2. The van der Waals surface area contributed by atoms with E-state index in [-0.39, 0.29) is 0 Å². The van der Waals surface area contributed by atoms with Crippen LogP contribution in [0.25, 0.3) is 0 Å². The first-order valence-electron chi connectivity index (χ1n) is 15.2. The summed E-state index contributed by atoms with van der Waals surface area (Å²) in [6, 6.07) is 0. The highest BCUT2D eigenvalue weighted by molar-refractivity contribution is 4.85. The largest absolute Gasteiger partial charge is 0.370 e. The van der Waals surface area contributed by atoms with Gasteiger partial charge in [-0.05, 0) is 25.7 Å². The zero-order valence-corrected chi connectivity index (χ0v) is 22.1. The first-order valence-corrected chi connectivity index (χ1v) is 15.2. The van der Waals surface area contributed by atoms with Gasteiger partial charge < -0.3 is 9.47 Å². The lowest BCUT2D eigenvalue weighted by atomic mass is 10.0. The number of epoxide rings is 2. The Morgan fingerprint density at radius 3 is 0.781 bits per heavy atom. The van der Waals surface area contributed by atoms with Gasteiger partial charge in [0.1, 0.15) is 0 Å². The molecule has 190 valence electrons. The SMILES string of the molecule is CCCCCCC1OC1CCCCCCCCCCCCCCC1OC1CCCCCC. The molecule has 0 aromatic heterocycles. The van der Waals surface area contributed by atoms with Crippen molar-refractivity contribution in [2.45, 2.75) is 192 Å². The molecule has 2 nitrogen and oxygen atoms in total. The summed E-state index contributed by atoms with van der Waals surface area (Å²) in [5.74, 6) is 0. The van der Waals surface area contributed by atoms with Crippen LogP contribution in [-0.2, 0) is 9.47 Å². The minimum atomic E-state index is 0.630. The lowest BCUT2D eigenvalue weighted by molar-refractivity contribution is 0.347. The molecular weight excluding hydrogens is 392 g/mol. The summed E-state index contributed by atoms with van der Waals surface area (Å²) < 4.78 is 11.7. The molecule has 0 aliphatic carbocycles. The molecule has 0 saturated carbocycles. The van der Waals surface area contributed by atoms with Crippen molar-refractivity contribution in [2.24, 2.45) is 0 Å². The van der Waals surface area contributed by atoms with Crippen LogP contribution < -0.4 is 0 Å². The van der Waals surface area contributed by atoms with E-state index in [4.69, 9.17) is 9.47 Å². The van der Waals surface area contributed by atoms with E-state index >= 15 is 0 Å². The third kappa shape index (κ3) is 14.9. The third-order valence-corrected chi connectivity index (χ3v) is 7.79. The number of unbranched alkanes of at least 4 members (excludes halogenated alkanes) is 17. The Morgan fingerprint density at radius 1 is 0.312 bits per heavy atom. The van der Waals surface area contributed by atoms with E-state index in [9.17, 15) is 0 Å². The fraction of sp³-hybridized carbons (Fsp3) is 1.00. The molecule has 2 saturated heterocycles. The van der Waals surface area contributed by atoms with E-state index in [0.717, 1.165) is 0 Å². The molecular formula is C30H58O2. The first-order chi connectivity index (χ1) is 15.8. The van der Waals surface area contributed by atoms with Gasteiger partial charge in [0.05, 0.1) is 24.4 Å². The van der Waals surface area contributed by atoms with Crippen LogP contribution in [0.2, 0.25) is 0 Å². The average Bonchev–Trinajstić information content (AvgIpc) is 3.72. The Morgan fingerprint density at radius 2 is 0.531 bits per heavy atom. The standard InChI is InChI=1S/C30H58O2/c1-3-5-7-19-23-27-29(31-27)25-21-17-15-13-11-9-10-12-14-16-18-22-26-30-28(32-30)24-20-8-6-4-2/h27-30H,3-26H2,1-2H3. The molecule has 2 heteroatoms. The smallest absolute Gasteiger partial charge is 0.0841 e. The van der Waals surface area contributed by atoms with E-state index in [1.807, 2.05) is 0 Å². The van der Waals surface area contributed by atoms with Crippen molar-refractivity contribution in [1.82, 2.24) is 0 Å². The molecule has 0 spiro atoms. The maximum Gasteiger partial charge on any atom is 0.0841 e. The Hall–Kier alpha value is -0.0800. The predicted molar refractivity (Wildman–Crippen MR) is 139 cm³/mol. The average molecular weight is 451 g/mol. The van der Waals surface area contributed by atoms with Crippen LogP contribution in [0.3, 0.4) is 0 Å². The normalized spacial score (nSPS) is 24.2. The summed E-state index contributed by atoms with van der Waals surface area (Å²) >= 11 is 0. The molecule has 2 rings (SSSR count). The fourth-order valence-electron chi connectivity index (χ4n) is 5.38. The number of hydrogen-bond donors (Lipinski definition) is 0. The molecule has 0 radical (unpaired) electrons. The van der Waals surface area contributed by atoms with Gasteiger partial charge in [0.2, 0.25) is 0 Å². The molecule has 0 N–H and O–H groups in total. The number of ether oxygens (including phenoxy) is 2. The van der Waals surface area contributed by atoms with Gasteiger partial charge in [0, 0.05) is 0 Å². The van der Waals surface area contributed by atoms with Crippen molar-refractivity contribution in [3.05, 3.63) is 0 Å². The van der Waals surface area contributed by atoms with Crippen molar-refractivity contribution in [2.75, 3.05) is 0 Å². The minimum Gasteiger partial charge on any atom is -0.370 e. The second-order valence-corrected chi connectivity index (χ2v) is 10.9. The molecule has 2 aliphatic rings. The summed E-state index contributed by atoms with van der Waals surface area (Å²) in [4.78, 5) is 0. The Balaban J connectivity index is 1.20. The molecule has 32 heavy (non-hydrogen) atoms. The molecule has 4 unspecified atom stereocenters. The van der Waals surface area contributed by atoms with E-state index < -0.39 is 0 Å². The molecule has 2 fully saturated rings. The highest BCUT2D eigenvalue weighted by Gasteiger charge is 2.37. The maximum absolute atomic E-state index is 5.84. The topological polar surface area (TPSA) is 25.1 Å². The van der Waals surface area contributed by atoms with E-state index in [1.165, 1.54) is 154 Å². The van der Waals surface area contributed by atoms with Crippen molar-refractivity contribution >= 4 is 0 Å². The molecule has 0 amide bonds. The van der Waals surface area contributed by atoms with Crippen LogP contribution >= 0.6 is 0 Å². The van der Waals surface area contributed by atoms with Crippen LogP contribution in [0, 0.1) is 0 Å². The molecule has 0 aromatic rings. The van der Waals surface area contributed by atoms with Crippen LogP contribution in [0.1, 0.15) is 168 Å². The first kappa shape index (κ1) is 28.2. The summed E-state index contributed by atoms with van der Waals surface area (Å²) in [7, 11) is 0. The number of rotatable bonds is 25. The van der Waals surface area contributed by atoms with Gasteiger partial charge in [-0.1, -0.05) is 142 Å². The lowest BCUT2D eigenvalue weighted by Gasteiger charge is -2.03. The van der Waals surface area contributed by atoms with Gasteiger partial charge >= 0.3 is 0 Å². The lowest BCUT2D eigenvalue weighted by Crippen LogP contribution is -1.94. The second-order valence-electron chi connectivity index (χ2n) is 10.9. The highest BCUT2D eigenvalue weighted by Crippen LogP contribution is 2.32. The van der Waals surface area contributed by atoms with Crippen molar-refractivity contribution < 1.29 is 9.47 Å². The van der Waals surface area contributed by atoms with E-state index in [0.29, 0.717) is 24.4 Å². The quantitative estimate of drug-likeness (QED) is 0.102. The summed E-state index contributed by atoms with van der Waals surface area (Å²) in [5, 5.41) is 0. The Kier molecular flexibility index (Phi) is 16.9. The van der Waals surface area contributed by atoms with Gasteiger partial charge in [-0.3, -0.25) is 0 Å². The molecule has 2 aliphatic heterocycles. The molecule has 0 bridgehead atoms. The van der Waals surface area contributed by atoms with Gasteiger partial charge in [0.15, 0.2) is 0 Å². The summed E-state index contributed by atoms with van der Waals surface area (Å²) in [6.07, 6.45) is 36.1. The monoisotopic (exact) mass is 450 g/mol. The zero-order valence-electron chi connectivity index (χ0n) is 22.1. The summed E-state index contributed by atoms with van der Waals surface area (Å²) in [5.41, 5.74) is 0. The third-order valence-electron chi connectivity index (χ3n) is 7.79. The van der Waals surface area contributed by atoms with Crippen LogP contribution in [-0.4, -0.2) is 24.4 Å². The van der Waals surface area contributed by atoms with E-state index in [2.05, 4.69) is 13.8 Å². The van der Waals surface area contributed by atoms with Crippen LogP contribution in [0.4, 0.5) is 0 Å². The zero-order chi connectivity index (χ0) is 22.7. The second kappa shape index (κ2) is 19.2. The van der Waals surface area contributed by atoms with Gasteiger partial charge in [-0.25, -0.2) is 0 Å². The Labute approximate surface area is 202 Å². The van der Waals surface area contributed by atoms with Crippen molar-refractivity contribution in [1.29, 1.82) is 0 Å². The Bertz CT molecular complexity index is 372. The molecule has 0 aromatic carbocycles. The van der Waals surface area contributed by atoms with Crippen LogP contribution in [0.15, 0.2) is 0 Å². The highest BCUT2D eigenvalue weighted by atomic mass is 16.6. The van der Waals surface area contributed by atoms with Gasteiger partial charge in [-0.2, -0.15) is 0 Å². The minimum absolute atomic E-state index is 0.630. The molecule has 4 atom stereocenters.